The third-order valence-corrected chi connectivity index (χ3v) is 4.50. The smallest absolute Gasteiger partial charge is 0.0513 e. The van der Waals surface area contributed by atoms with E-state index in [0.29, 0.717) is 6.04 Å². The highest BCUT2D eigenvalue weighted by molar-refractivity contribution is 9.10. The van der Waals surface area contributed by atoms with Crippen LogP contribution in [-0.4, -0.2) is 12.6 Å². The molecule has 1 aromatic rings. The minimum atomic E-state index is 0.0944. The summed E-state index contributed by atoms with van der Waals surface area (Å²) in [6.45, 7) is 5.52. The van der Waals surface area contributed by atoms with Gasteiger partial charge in [0, 0.05) is 23.1 Å². The van der Waals surface area contributed by atoms with E-state index >= 15 is 0 Å². The summed E-state index contributed by atoms with van der Waals surface area (Å²) in [7, 11) is 0. The van der Waals surface area contributed by atoms with Crippen LogP contribution in [0.3, 0.4) is 0 Å². The Kier molecular flexibility index (Phi) is 4.68. The van der Waals surface area contributed by atoms with E-state index in [-0.39, 0.29) is 6.04 Å². The minimum absolute atomic E-state index is 0.0944. The zero-order valence-corrected chi connectivity index (χ0v) is 12.9. The SMILES string of the molecule is CC1CCCCCN1c1ccc([C@@H](C)N)cc1Br. The summed E-state index contributed by atoms with van der Waals surface area (Å²) in [6, 6.07) is 7.26. The number of halogens is 1. The fourth-order valence-electron chi connectivity index (χ4n) is 2.67. The average molecular weight is 311 g/mol. The lowest BCUT2D eigenvalue weighted by molar-refractivity contribution is 0.615. The van der Waals surface area contributed by atoms with Crippen molar-refractivity contribution in [1.29, 1.82) is 0 Å². The number of benzene rings is 1. The Morgan fingerprint density at radius 2 is 2.11 bits per heavy atom. The number of nitrogens with zero attached hydrogens (tertiary/aromatic N) is 1. The van der Waals surface area contributed by atoms with E-state index in [1.165, 1.54) is 41.4 Å². The minimum Gasteiger partial charge on any atom is -0.368 e. The molecule has 18 heavy (non-hydrogen) atoms. The molecule has 2 rings (SSSR count). The lowest BCUT2D eigenvalue weighted by Crippen LogP contribution is -2.32. The van der Waals surface area contributed by atoms with E-state index < -0.39 is 0 Å². The van der Waals surface area contributed by atoms with E-state index in [2.05, 4.69) is 46.0 Å². The summed E-state index contributed by atoms with van der Waals surface area (Å²) in [5.74, 6) is 0. The van der Waals surface area contributed by atoms with Crippen molar-refractivity contribution in [3.05, 3.63) is 28.2 Å². The van der Waals surface area contributed by atoms with Gasteiger partial charge in [-0.25, -0.2) is 0 Å². The average Bonchev–Trinajstić information content (AvgIpc) is 2.54. The molecule has 1 saturated heterocycles. The van der Waals surface area contributed by atoms with E-state index in [4.69, 9.17) is 5.73 Å². The van der Waals surface area contributed by atoms with Gasteiger partial charge < -0.3 is 10.6 Å². The van der Waals surface area contributed by atoms with Gasteiger partial charge in [-0.15, -0.1) is 0 Å². The fraction of sp³-hybridized carbons (Fsp3) is 0.600. The van der Waals surface area contributed by atoms with E-state index in [1.54, 1.807) is 0 Å². The Bertz CT molecular complexity index is 403. The number of nitrogens with two attached hydrogens (primary N) is 1. The Balaban J connectivity index is 2.26. The third-order valence-electron chi connectivity index (χ3n) is 3.86. The van der Waals surface area contributed by atoms with Gasteiger partial charge in [-0.2, -0.15) is 0 Å². The number of rotatable bonds is 2. The zero-order chi connectivity index (χ0) is 13.1. The van der Waals surface area contributed by atoms with Gasteiger partial charge in [-0.05, 0) is 60.3 Å². The topological polar surface area (TPSA) is 29.3 Å². The van der Waals surface area contributed by atoms with Crippen molar-refractivity contribution >= 4 is 21.6 Å². The molecule has 1 aliphatic heterocycles. The number of anilines is 1. The Labute approximate surface area is 119 Å². The van der Waals surface area contributed by atoms with Crippen LogP contribution in [0.4, 0.5) is 5.69 Å². The Morgan fingerprint density at radius 3 is 2.78 bits per heavy atom. The van der Waals surface area contributed by atoms with Crippen molar-refractivity contribution in [1.82, 2.24) is 0 Å². The van der Waals surface area contributed by atoms with Gasteiger partial charge in [0.15, 0.2) is 0 Å². The highest BCUT2D eigenvalue weighted by Gasteiger charge is 2.19. The van der Waals surface area contributed by atoms with Crippen LogP contribution in [0.25, 0.3) is 0 Å². The van der Waals surface area contributed by atoms with Crippen molar-refractivity contribution in [3.63, 3.8) is 0 Å². The molecule has 2 atom stereocenters. The van der Waals surface area contributed by atoms with Crippen molar-refractivity contribution < 1.29 is 0 Å². The second-order valence-corrected chi connectivity index (χ2v) is 6.25. The van der Waals surface area contributed by atoms with Crippen LogP contribution in [0.1, 0.15) is 51.1 Å². The molecule has 0 radical (unpaired) electrons. The molecule has 2 nitrogen and oxygen atoms in total. The van der Waals surface area contributed by atoms with Gasteiger partial charge in [0.05, 0.1) is 5.69 Å². The normalized spacial score (nSPS) is 22.7. The maximum absolute atomic E-state index is 5.93. The quantitative estimate of drug-likeness (QED) is 0.885. The van der Waals surface area contributed by atoms with Crippen LogP contribution in [0.15, 0.2) is 22.7 Å². The van der Waals surface area contributed by atoms with Crippen molar-refractivity contribution in [2.75, 3.05) is 11.4 Å². The van der Waals surface area contributed by atoms with Gasteiger partial charge >= 0.3 is 0 Å². The predicted molar refractivity (Wildman–Crippen MR) is 82.0 cm³/mol. The van der Waals surface area contributed by atoms with Crippen LogP contribution >= 0.6 is 15.9 Å². The first-order valence-corrected chi connectivity index (χ1v) is 7.70. The summed E-state index contributed by atoms with van der Waals surface area (Å²) < 4.78 is 1.17. The van der Waals surface area contributed by atoms with Gasteiger partial charge in [-0.3, -0.25) is 0 Å². The van der Waals surface area contributed by atoms with Crippen LogP contribution in [0, 0.1) is 0 Å². The molecule has 0 aromatic heterocycles. The molecule has 1 fully saturated rings. The first-order valence-electron chi connectivity index (χ1n) is 6.91. The standard InChI is InChI=1S/C15H23BrN2/c1-11-6-4-3-5-9-18(11)15-8-7-13(12(2)17)10-14(15)16/h7-8,10-12H,3-6,9,17H2,1-2H3/t11?,12-/m1/s1. The molecule has 0 saturated carbocycles. The molecule has 0 spiro atoms. The third kappa shape index (κ3) is 3.07. The maximum Gasteiger partial charge on any atom is 0.0513 e. The second kappa shape index (κ2) is 6.07. The van der Waals surface area contributed by atoms with Gasteiger partial charge in [0.2, 0.25) is 0 Å². The molecular formula is C15H23BrN2. The molecular weight excluding hydrogens is 288 g/mol. The fourth-order valence-corrected chi connectivity index (χ4v) is 3.30. The van der Waals surface area contributed by atoms with Crippen LogP contribution in [0.2, 0.25) is 0 Å². The summed E-state index contributed by atoms with van der Waals surface area (Å²) in [5, 5.41) is 0. The van der Waals surface area contributed by atoms with Crippen LogP contribution in [0.5, 0.6) is 0 Å². The summed E-state index contributed by atoms with van der Waals surface area (Å²) >= 11 is 3.71. The molecule has 100 valence electrons. The molecule has 1 heterocycles. The molecule has 2 N–H and O–H groups in total. The molecule has 0 bridgehead atoms. The van der Waals surface area contributed by atoms with Gasteiger partial charge in [0.1, 0.15) is 0 Å². The van der Waals surface area contributed by atoms with Crippen LogP contribution in [-0.2, 0) is 0 Å². The zero-order valence-electron chi connectivity index (χ0n) is 11.3. The molecule has 1 aliphatic rings. The second-order valence-electron chi connectivity index (χ2n) is 5.39. The van der Waals surface area contributed by atoms with Crippen molar-refractivity contribution in [2.24, 2.45) is 5.73 Å². The molecule has 1 unspecified atom stereocenters. The number of hydrogen-bond donors (Lipinski definition) is 1. The first-order chi connectivity index (χ1) is 8.59. The highest BCUT2D eigenvalue weighted by atomic mass is 79.9. The van der Waals surface area contributed by atoms with Crippen molar-refractivity contribution in [3.8, 4) is 0 Å². The Hall–Kier alpha value is -0.540. The lowest BCUT2D eigenvalue weighted by atomic mass is 10.1. The van der Waals surface area contributed by atoms with Crippen LogP contribution < -0.4 is 10.6 Å². The van der Waals surface area contributed by atoms with Gasteiger partial charge in [-0.1, -0.05) is 18.9 Å². The van der Waals surface area contributed by atoms with E-state index in [9.17, 15) is 0 Å². The van der Waals surface area contributed by atoms with Crippen molar-refractivity contribution in [2.45, 2.75) is 51.6 Å². The first kappa shape index (κ1) is 13.9. The molecule has 0 amide bonds. The summed E-state index contributed by atoms with van der Waals surface area (Å²) in [5.41, 5.74) is 8.43. The largest absolute Gasteiger partial charge is 0.368 e. The Morgan fingerprint density at radius 1 is 1.33 bits per heavy atom. The predicted octanol–water partition coefficient (Wildman–Crippen LogP) is 4.24. The number of hydrogen-bond acceptors (Lipinski definition) is 2. The monoisotopic (exact) mass is 310 g/mol. The molecule has 0 aliphatic carbocycles. The maximum atomic E-state index is 5.93. The molecule has 1 aromatic carbocycles. The summed E-state index contributed by atoms with van der Waals surface area (Å²) in [6.07, 6.45) is 5.30. The van der Waals surface area contributed by atoms with E-state index in [1.807, 2.05) is 6.92 Å². The van der Waals surface area contributed by atoms with Gasteiger partial charge in [0.25, 0.3) is 0 Å². The molecule has 3 heteroatoms. The van der Waals surface area contributed by atoms with E-state index in [0.717, 1.165) is 6.54 Å². The lowest BCUT2D eigenvalue weighted by Gasteiger charge is -2.30. The summed E-state index contributed by atoms with van der Waals surface area (Å²) in [4.78, 5) is 2.53. The highest BCUT2D eigenvalue weighted by Crippen LogP contribution is 2.32.